The number of rotatable bonds is 8. The highest BCUT2D eigenvalue weighted by Crippen LogP contribution is 2.18. The van der Waals surface area contributed by atoms with Gasteiger partial charge in [0.25, 0.3) is 0 Å². The van der Waals surface area contributed by atoms with Crippen molar-refractivity contribution >= 4 is 5.69 Å². The van der Waals surface area contributed by atoms with Crippen molar-refractivity contribution < 1.29 is 0 Å². The van der Waals surface area contributed by atoms with Crippen LogP contribution in [-0.4, -0.2) is 24.6 Å². The molecule has 1 aromatic heterocycles. The topological polar surface area (TPSA) is 28.2 Å². The summed E-state index contributed by atoms with van der Waals surface area (Å²) < 4.78 is 0. The Morgan fingerprint density at radius 2 is 2.16 bits per heavy atom. The summed E-state index contributed by atoms with van der Waals surface area (Å²) in [6.07, 6.45) is 9.47. The van der Waals surface area contributed by atoms with Crippen LogP contribution in [0.3, 0.4) is 0 Å². The molecule has 3 heteroatoms. The SMILES string of the molecule is C#CCN(CCC)c1ccc(C(CC)NCC)nc1. The Labute approximate surface area is 117 Å². The zero-order valence-corrected chi connectivity index (χ0v) is 12.3. The van der Waals surface area contributed by atoms with Crippen molar-refractivity contribution in [2.45, 2.75) is 39.7 Å². The van der Waals surface area contributed by atoms with E-state index >= 15 is 0 Å². The first-order chi connectivity index (χ1) is 9.26. The van der Waals surface area contributed by atoms with Crippen LogP contribution < -0.4 is 10.2 Å². The highest BCUT2D eigenvalue weighted by atomic mass is 15.1. The predicted molar refractivity (Wildman–Crippen MR) is 82.3 cm³/mol. The number of terminal acetylenes is 1. The van der Waals surface area contributed by atoms with E-state index < -0.39 is 0 Å². The summed E-state index contributed by atoms with van der Waals surface area (Å²) in [6, 6.07) is 4.56. The zero-order chi connectivity index (χ0) is 14.1. The van der Waals surface area contributed by atoms with Crippen LogP contribution in [0, 0.1) is 12.3 Å². The van der Waals surface area contributed by atoms with Crippen LogP contribution in [0.5, 0.6) is 0 Å². The van der Waals surface area contributed by atoms with Gasteiger partial charge in [0.15, 0.2) is 0 Å². The summed E-state index contributed by atoms with van der Waals surface area (Å²) in [5.74, 6) is 2.71. The third kappa shape index (κ3) is 4.57. The monoisotopic (exact) mass is 259 g/mol. The van der Waals surface area contributed by atoms with E-state index in [0.717, 1.165) is 37.3 Å². The molecule has 0 aliphatic rings. The van der Waals surface area contributed by atoms with Gasteiger partial charge in [0, 0.05) is 12.6 Å². The molecule has 19 heavy (non-hydrogen) atoms. The summed E-state index contributed by atoms with van der Waals surface area (Å²) in [5, 5.41) is 3.44. The van der Waals surface area contributed by atoms with E-state index in [4.69, 9.17) is 6.42 Å². The number of nitrogens with zero attached hydrogens (tertiary/aromatic N) is 2. The van der Waals surface area contributed by atoms with Gasteiger partial charge < -0.3 is 10.2 Å². The summed E-state index contributed by atoms with van der Waals surface area (Å²) in [5.41, 5.74) is 2.21. The van der Waals surface area contributed by atoms with E-state index in [0.29, 0.717) is 12.6 Å². The maximum Gasteiger partial charge on any atom is 0.0792 e. The second-order valence-electron chi connectivity index (χ2n) is 4.59. The lowest BCUT2D eigenvalue weighted by molar-refractivity contribution is 0.525. The van der Waals surface area contributed by atoms with Crippen molar-refractivity contribution in [1.82, 2.24) is 10.3 Å². The molecule has 1 atom stereocenters. The Balaban J connectivity index is 2.81. The second kappa shape index (κ2) is 8.55. The molecular formula is C16H25N3. The average Bonchev–Trinajstić information content (AvgIpc) is 2.45. The van der Waals surface area contributed by atoms with Crippen molar-refractivity contribution in [3.05, 3.63) is 24.0 Å². The molecule has 0 saturated heterocycles. The minimum atomic E-state index is 0.339. The molecule has 1 rings (SSSR count). The molecule has 0 fully saturated rings. The van der Waals surface area contributed by atoms with Gasteiger partial charge in [-0.1, -0.05) is 26.7 Å². The van der Waals surface area contributed by atoms with Gasteiger partial charge >= 0.3 is 0 Å². The molecule has 1 aromatic rings. The molecule has 1 N–H and O–H groups in total. The fraction of sp³-hybridized carbons (Fsp3) is 0.562. The number of hydrogen-bond donors (Lipinski definition) is 1. The smallest absolute Gasteiger partial charge is 0.0792 e. The molecule has 0 spiro atoms. The van der Waals surface area contributed by atoms with Crippen molar-refractivity contribution in [3.8, 4) is 12.3 Å². The first-order valence-electron chi connectivity index (χ1n) is 7.14. The van der Waals surface area contributed by atoms with Crippen LogP contribution in [0.4, 0.5) is 5.69 Å². The lowest BCUT2D eigenvalue weighted by Crippen LogP contribution is -2.25. The Hall–Kier alpha value is -1.53. The summed E-state index contributed by atoms with van der Waals surface area (Å²) in [4.78, 5) is 6.77. The van der Waals surface area contributed by atoms with E-state index in [1.54, 1.807) is 0 Å². The quantitative estimate of drug-likeness (QED) is 0.727. The van der Waals surface area contributed by atoms with Crippen molar-refractivity contribution in [1.29, 1.82) is 0 Å². The third-order valence-electron chi connectivity index (χ3n) is 3.13. The second-order valence-corrected chi connectivity index (χ2v) is 4.59. The van der Waals surface area contributed by atoms with E-state index in [2.05, 4.69) is 54.0 Å². The summed E-state index contributed by atoms with van der Waals surface area (Å²) in [7, 11) is 0. The van der Waals surface area contributed by atoms with Gasteiger partial charge in [-0.3, -0.25) is 4.98 Å². The van der Waals surface area contributed by atoms with E-state index in [9.17, 15) is 0 Å². The molecule has 0 aliphatic heterocycles. The van der Waals surface area contributed by atoms with Gasteiger partial charge in [-0.2, -0.15) is 0 Å². The summed E-state index contributed by atoms with van der Waals surface area (Å²) >= 11 is 0. The number of pyridine rings is 1. The Morgan fingerprint density at radius 3 is 2.63 bits per heavy atom. The van der Waals surface area contributed by atoms with Gasteiger partial charge in [0.1, 0.15) is 0 Å². The van der Waals surface area contributed by atoms with Gasteiger partial charge in [0.05, 0.1) is 24.1 Å². The van der Waals surface area contributed by atoms with E-state index in [-0.39, 0.29) is 0 Å². The molecule has 0 aliphatic carbocycles. The maximum absolute atomic E-state index is 5.41. The Kier molecular flexibility index (Phi) is 6.99. The molecule has 104 valence electrons. The number of aromatic nitrogens is 1. The first kappa shape index (κ1) is 15.5. The molecule has 0 bridgehead atoms. The highest BCUT2D eigenvalue weighted by molar-refractivity contribution is 5.46. The lowest BCUT2D eigenvalue weighted by Gasteiger charge is -2.22. The molecule has 0 radical (unpaired) electrons. The van der Waals surface area contributed by atoms with Crippen molar-refractivity contribution in [2.24, 2.45) is 0 Å². The number of nitrogens with one attached hydrogen (secondary N) is 1. The minimum absolute atomic E-state index is 0.339. The Bertz CT molecular complexity index is 391. The van der Waals surface area contributed by atoms with Crippen molar-refractivity contribution in [2.75, 3.05) is 24.5 Å². The Morgan fingerprint density at radius 1 is 1.37 bits per heavy atom. The van der Waals surface area contributed by atoms with Crippen LogP contribution in [0.25, 0.3) is 0 Å². The van der Waals surface area contributed by atoms with Crippen molar-refractivity contribution in [3.63, 3.8) is 0 Å². The van der Waals surface area contributed by atoms with Gasteiger partial charge in [-0.25, -0.2) is 0 Å². The fourth-order valence-electron chi connectivity index (χ4n) is 2.17. The van der Waals surface area contributed by atoms with Crippen LogP contribution in [0.15, 0.2) is 18.3 Å². The van der Waals surface area contributed by atoms with E-state index in [1.807, 2.05) is 6.20 Å². The lowest BCUT2D eigenvalue weighted by atomic mass is 10.1. The largest absolute Gasteiger partial charge is 0.359 e. The van der Waals surface area contributed by atoms with E-state index in [1.165, 1.54) is 0 Å². The maximum atomic E-state index is 5.41. The van der Waals surface area contributed by atoms with Crippen LogP contribution >= 0.6 is 0 Å². The average molecular weight is 259 g/mol. The molecule has 0 saturated carbocycles. The standard InChI is InChI=1S/C16H25N3/c1-5-11-19(12-6-2)14-9-10-16(18-13-14)15(7-3)17-8-4/h1,9-10,13,15,17H,6-8,11-12H2,2-4H3. The van der Waals surface area contributed by atoms with Crippen LogP contribution in [0.1, 0.15) is 45.3 Å². The molecule has 1 heterocycles. The highest BCUT2D eigenvalue weighted by Gasteiger charge is 2.10. The predicted octanol–water partition coefficient (Wildman–Crippen LogP) is 2.99. The van der Waals surface area contributed by atoms with Gasteiger partial charge in [-0.05, 0) is 31.5 Å². The molecule has 0 amide bonds. The molecular weight excluding hydrogens is 234 g/mol. The number of anilines is 1. The van der Waals surface area contributed by atoms with Crippen LogP contribution in [0.2, 0.25) is 0 Å². The fourth-order valence-corrected chi connectivity index (χ4v) is 2.17. The van der Waals surface area contributed by atoms with Gasteiger partial charge in [0.2, 0.25) is 0 Å². The number of hydrogen-bond acceptors (Lipinski definition) is 3. The normalized spacial score (nSPS) is 11.9. The molecule has 0 aromatic carbocycles. The van der Waals surface area contributed by atoms with Gasteiger partial charge in [-0.15, -0.1) is 6.42 Å². The summed E-state index contributed by atoms with van der Waals surface area (Å²) in [6.45, 7) is 9.01. The zero-order valence-electron chi connectivity index (χ0n) is 12.3. The molecule has 1 unspecified atom stereocenters. The molecule has 3 nitrogen and oxygen atoms in total. The third-order valence-corrected chi connectivity index (χ3v) is 3.13. The minimum Gasteiger partial charge on any atom is -0.359 e. The first-order valence-corrected chi connectivity index (χ1v) is 7.14. The van der Waals surface area contributed by atoms with Crippen LogP contribution in [-0.2, 0) is 0 Å².